The number of hydrazine groups is 1. The van der Waals surface area contributed by atoms with Crippen molar-refractivity contribution >= 4 is 50.5 Å². The van der Waals surface area contributed by atoms with E-state index in [2.05, 4.69) is 15.6 Å². The Balaban J connectivity index is 1.40. The zero-order valence-corrected chi connectivity index (χ0v) is 18.9. The minimum atomic E-state index is -3.85. The Labute approximate surface area is 194 Å². The second-order valence-corrected chi connectivity index (χ2v) is 10.1. The van der Waals surface area contributed by atoms with E-state index in [4.69, 9.17) is 0 Å². The lowest BCUT2D eigenvalue weighted by atomic mass is 10.1. The molecule has 0 spiro atoms. The molecule has 1 fully saturated rings. The maximum absolute atomic E-state index is 12.7. The number of rotatable bonds is 6. The lowest BCUT2D eigenvalue weighted by molar-refractivity contribution is -0.126. The van der Waals surface area contributed by atoms with Crippen LogP contribution < -0.4 is 20.5 Å². The number of carbonyl (C=O) groups is 3. The van der Waals surface area contributed by atoms with Gasteiger partial charge < -0.3 is 4.90 Å². The van der Waals surface area contributed by atoms with E-state index in [1.807, 2.05) is 6.07 Å². The van der Waals surface area contributed by atoms with Crippen molar-refractivity contribution < 1.29 is 22.8 Å². The highest BCUT2D eigenvalue weighted by molar-refractivity contribution is 7.94. The Morgan fingerprint density at radius 3 is 2.39 bits per heavy atom. The van der Waals surface area contributed by atoms with Crippen LogP contribution in [0.5, 0.6) is 0 Å². The zero-order chi connectivity index (χ0) is 23.4. The van der Waals surface area contributed by atoms with Crippen molar-refractivity contribution in [3.8, 4) is 0 Å². The number of amides is 3. The molecular formula is C22H20N4O5S2. The lowest BCUT2D eigenvalue weighted by Gasteiger charge is -2.17. The summed E-state index contributed by atoms with van der Waals surface area (Å²) in [5, 5.41) is 1.63. The molecule has 1 saturated heterocycles. The normalized spacial score (nSPS) is 15.8. The van der Waals surface area contributed by atoms with Gasteiger partial charge in [-0.05, 0) is 35.7 Å². The van der Waals surface area contributed by atoms with Crippen LogP contribution in [0, 0.1) is 5.92 Å². The standard InChI is InChI=1S/C22H20N4O5S2/c27-19-13-15(14-26(19)16-7-2-1-3-8-16)21(28)23-24-22(29)17-9-4-5-10-18(17)25-33(30,31)20-11-6-12-32-20/h1-12,15,25H,13-14H2,(H,23,28)(H,24,29). The molecule has 9 nitrogen and oxygen atoms in total. The fraction of sp³-hybridized carbons (Fsp3) is 0.136. The fourth-order valence-electron chi connectivity index (χ4n) is 3.41. The summed E-state index contributed by atoms with van der Waals surface area (Å²) < 4.78 is 27.5. The second kappa shape index (κ2) is 9.43. The summed E-state index contributed by atoms with van der Waals surface area (Å²) in [6.45, 7) is 0.196. The number of nitrogens with one attached hydrogen (secondary N) is 3. The Bertz CT molecular complexity index is 1280. The van der Waals surface area contributed by atoms with E-state index in [-0.39, 0.29) is 34.3 Å². The monoisotopic (exact) mass is 484 g/mol. The Morgan fingerprint density at radius 2 is 1.67 bits per heavy atom. The molecule has 3 aromatic rings. The Kier molecular flexibility index (Phi) is 6.43. The van der Waals surface area contributed by atoms with E-state index in [1.54, 1.807) is 47.8 Å². The quantitative estimate of drug-likeness (QED) is 0.463. The number of sulfonamides is 1. The number of carbonyl (C=O) groups excluding carboxylic acids is 3. The van der Waals surface area contributed by atoms with Gasteiger partial charge in [0.2, 0.25) is 11.8 Å². The smallest absolute Gasteiger partial charge is 0.271 e. The summed E-state index contributed by atoms with van der Waals surface area (Å²) in [6, 6.07) is 18.1. The first-order chi connectivity index (χ1) is 15.8. The van der Waals surface area contributed by atoms with Crippen LogP contribution in [0.1, 0.15) is 16.8 Å². The molecular weight excluding hydrogens is 464 g/mol. The van der Waals surface area contributed by atoms with Crippen molar-refractivity contribution in [2.45, 2.75) is 10.6 Å². The van der Waals surface area contributed by atoms with Gasteiger partial charge in [-0.25, -0.2) is 8.42 Å². The molecule has 0 aliphatic carbocycles. The topological polar surface area (TPSA) is 125 Å². The first-order valence-corrected chi connectivity index (χ1v) is 12.3. The van der Waals surface area contributed by atoms with Crippen LogP contribution >= 0.6 is 11.3 Å². The molecule has 4 rings (SSSR count). The van der Waals surface area contributed by atoms with E-state index >= 15 is 0 Å². The van der Waals surface area contributed by atoms with Gasteiger partial charge in [0.1, 0.15) is 4.21 Å². The predicted molar refractivity (Wildman–Crippen MR) is 124 cm³/mol. The zero-order valence-electron chi connectivity index (χ0n) is 17.2. The van der Waals surface area contributed by atoms with Gasteiger partial charge in [-0.15, -0.1) is 11.3 Å². The number of nitrogens with zero attached hydrogens (tertiary/aromatic N) is 1. The fourth-order valence-corrected chi connectivity index (χ4v) is 5.48. The van der Waals surface area contributed by atoms with Crippen molar-refractivity contribution in [2.75, 3.05) is 16.2 Å². The van der Waals surface area contributed by atoms with Crippen LogP contribution in [-0.4, -0.2) is 32.7 Å². The van der Waals surface area contributed by atoms with Gasteiger partial charge in [-0.2, -0.15) is 0 Å². The molecule has 3 N–H and O–H groups in total. The summed E-state index contributed by atoms with van der Waals surface area (Å²) in [6.07, 6.45) is 0.0216. The van der Waals surface area contributed by atoms with E-state index < -0.39 is 27.8 Å². The van der Waals surface area contributed by atoms with Gasteiger partial charge in [-0.1, -0.05) is 36.4 Å². The number of thiophene rings is 1. The van der Waals surface area contributed by atoms with E-state index in [9.17, 15) is 22.8 Å². The van der Waals surface area contributed by atoms with Crippen molar-refractivity contribution in [3.05, 3.63) is 77.7 Å². The third kappa shape index (κ3) is 5.04. The molecule has 2 heterocycles. The third-order valence-corrected chi connectivity index (χ3v) is 7.80. The average Bonchev–Trinajstić information content (AvgIpc) is 3.49. The van der Waals surface area contributed by atoms with Crippen LogP contribution in [0.3, 0.4) is 0 Å². The van der Waals surface area contributed by atoms with Crippen LogP contribution in [0.2, 0.25) is 0 Å². The van der Waals surface area contributed by atoms with E-state index in [1.165, 1.54) is 23.1 Å². The summed E-state index contributed by atoms with van der Waals surface area (Å²) in [5.41, 5.74) is 5.46. The van der Waals surface area contributed by atoms with E-state index in [0.29, 0.717) is 5.69 Å². The maximum atomic E-state index is 12.7. The predicted octanol–water partition coefficient (Wildman–Crippen LogP) is 2.36. The van der Waals surface area contributed by atoms with Gasteiger partial charge >= 0.3 is 0 Å². The molecule has 1 atom stereocenters. The minimum absolute atomic E-state index is 0.0216. The summed E-state index contributed by atoms with van der Waals surface area (Å²) in [7, 11) is -3.85. The van der Waals surface area contributed by atoms with E-state index in [0.717, 1.165) is 11.3 Å². The molecule has 11 heteroatoms. The summed E-state index contributed by atoms with van der Waals surface area (Å²) in [4.78, 5) is 39.1. The van der Waals surface area contributed by atoms with Gasteiger partial charge in [0.15, 0.2) is 0 Å². The average molecular weight is 485 g/mol. The van der Waals surface area contributed by atoms with Crippen molar-refractivity contribution in [1.82, 2.24) is 10.9 Å². The van der Waals surface area contributed by atoms with Gasteiger partial charge in [0, 0.05) is 18.7 Å². The largest absolute Gasteiger partial charge is 0.312 e. The highest BCUT2D eigenvalue weighted by Crippen LogP contribution is 2.25. The van der Waals surface area contributed by atoms with Gasteiger partial charge in [0.25, 0.3) is 15.9 Å². The molecule has 33 heavy (non-hydrogen) atoms. The second-order valence-electron chi connectivity index (χ2n) is 7.27. The highest BCUT2D eigenvalue weighted by Gasteiger charge is 2.35. The number of para-hydroxylation sites is 2. The minimum Gasteiger partial charge on any atom is -0.312 e. The van der Waals surface area contributed by atoms with Crippen molar-refractivity contribution in [1.29, 1.82) is 0 Å². The Hall–Kier alpha value is -3.70. The third-order valence-electron chi connectivity index (χ3n) is 5.04. The number of hydrogen-bond acceptors (Lipinski definition) is 6. The summed E-state index contributed by atoms with van der Waals surface area (Å²) in [5.74, 6) is -2.02. The van der Waals surface area contributed by atoms with Crippen molar-refractivity contribution in [3.63, 3.8) is 0 Å². The van der Waals surface area contributed by atoms with Crippen LogP contribution in [0.15, 0.2) is 76.3 Å². The number of hydrogen-bond donors (Lipinski definition) is 3. The van der Waals surface area contributed by atoms with Crippen LogP contribution in [-0.2, 0) is 19.6 Å². The maximum Gasteiger partial charge on any atom is 0.271 e. The van der Waals surface area contributed by atoms with Crippen LogP contribution in [0.25, 0.3) is 0 Å². The first-order valence-electron chi connectivity index (χ1n) is 9.96. The summed E-state index contributed by atoms with van der Waals surface area (Å²) >= 11 is 1.05. The molecule has 1 aliphatic heterocycles. The van der Waals surface area contributed by atoms with Crippen LogP contribution in [0.4, 0.5) is 11.4 Å². The SMILES string of the molecule is O=C(NNC(=O)C1CC(=O)N(c2ccccc2)C1)c1ccccc1NS(=O)(=O)c1cccs1. The highest BCUT2D eigenvalue weighted by atomic mass is 32.2. The van der Waals surface area contributed by atoms with Gasteiger partial charge in [0.05, 0.1) is 17.2 Å². The van der Waals surface area contributed by atoms with Crippen molar-refractivity contribution in [2.24, 2.45) is 5.92 Å². The molecule has 1 aliphatic rings. The molecule has 1 aromatic heterocycles. The molecule has 170 valence electrons. The molecule has 3 amide bonds. The number of benzene rings is 2. The molecule has 0 saturated carbocycles. The van der Waals surface area contributed by atoms with Gasteiger partial charge in [-0.3, -0.25) is 30.0 Å². The lowest BCUT2D eigenvalue weighted by Crippen LogP contribution is -2.45. The Morgan fingerprint density at radius 1 is 0.939 bits per heavy atom. The molecule has 0 bridgehead atoms. The number of anilines is 2. The molecule has 1 unspecified atom stereocenters. The first kappa shape index (κ1) is 22.5. The molecule has 0 radical (unpaired) electrons. The molecule has 2 aromatic carbocycles.